The second-order valence-electron chi connectivity index (χ2n) is 8.29. The van der Waals surface area contributed by atoms with Gasteiger partial charge >= 0.3 is 0 Å². The molecule has 0 bridgehead atoms. The molecule has 5 nitrogen and oxygen atoms in total. The summed E-state index contributed by atoms with van der Waals surface area (Å²) in [5.41, 5.74) is 0. The highest BCUT2D eigenvalue weighted by molar-refractivity contribution is 4.90. The minimum Gasteiger partial charge on any atom is -0.315 e. The van der Waals surface area contributed by atoms with Crippen LogP contribution in [0, 0.1) is 5.92 Å². The van der Waals surface area contributed by atoms with Gasteiger partial charge in [-0.15, -0.1) is 0 Å². The fourth-order valence-corrected chi connectivity index (χ4v) is 5.16. The Labute approximate surface area is 152 Å². The number of nitrogens with one attached hydrogen (secondary N) is 1. The van der Waals surface area contributed by atoms with Crippen molar-refractivity contribution in [2.75, 3.05) is 45.8 Å². The molecule has 3 aliphatic heterocycles. The summed E-state index contributed by atoms with van der Waals surface area (Å²) in [6, 6.07) is 3.42. The highest BCUT2D eigenvalue weighted by Crippen LogP contribution is 2.26. The lowest BCUT2D eigenvalue weighted by Crippen LogP contribution is -2.54. The Balaban J connectivity index is 1.31. The quantitative estimate of drug-likeness (QED) is 0.909. The molecular formula is C20H35N5. The Morgan fingerprint density at radius 2 is 1.76 bits per heavy atom. The molecule has 0 radical (unpaired) electrons. The Hall–Kier alpha value is -0.910. The van der Waals surface area contributed by atoms with Gasteiger partial charge in [0.2, 0.25) is 0 Å². The summed E-state index contributed by atoms with van der Waals surface area (Å²) in [4.78, 5) is 5.56. The zero-order chi connectivity index (χ0) is 16.9. The monoisotopic (exact) mass is 345 g/mol. The predicted molar refractivity (Wildman–Crippen MR) is 102 cm³/mol. The minimum absolute atomic E-state index is 0.612. The third-order valence-corrected chi connectivity index (χ3v) is 6.65. The molecule has 0 aromatic carbocycles. The van der Waals surface area contributed by atoms with E-state index in [4.69, 9.17) is 0 Å². The molecule has 0 aliphatic carbocycles. The molecule has 3 fully saturated rings. The van der Waals surface area contributed by atoms with Crippen LogP contribution in [0.15, 0.2) is 18.5 Å². The third kappa shape index (κ3) is 4.44. The third-order valence-electron chi connectivity index (χ3n) is 6.65. The van der Waals surface area contributed by atoms with Gasteiger partial charge in [-0.05, 0) is 63.7 Å². The summed E-state index contributed by atoms with van der Waals surface area (Å²) in [6.45, 7) is 8.83. The molecular weight excluding hydrogens is 310 g/mol. The standard InChI is InChI=1S/C20H35N5/c1-2-4-12-24(11-3-1)20-16-21-10-6-18(20)17-23-14-7-19(8-15-23)25-13-5-9-22-25/h5,9,13,18-21H,1-4,6-8,10-12,14-17H2. The van der Waals surface area contributed by atoms with Gasteiger partial charge in [-0.2, -0.15) is 5.10 Å². The van der Waals surface area contributed by atoms with Gasteiger partial charge in [-0.1, -0.05) is 12.8 Å². The van der Waals surface area contributed by atoms with Crippen molar-refractivity contribution in [3.63, 3.8) is 0 Å². The van der Waals surface area contributed by atoms with Crippen LogP contribution in [-0.4, -0.2) is 71.4 Å². The van der Waals surface area contributed by atoms with Crippen LogP contribution in [0.2, 0.25) is 0 Å². The Morgan fingerprint density at radius 1 is 0.960 bits per heavy atom. The van der Waals surface area contributed by atoms with E-state index < -0.39 is 0 Å². The minimum atomic E-state index is 0.612. The van der Waals surface area contributed by atoms with Crippen molar-refractivity contribution in [1.29, 1.82) is 0 Å². The van der Waals surface area contributed by atoms with Gasteiger partial charge in [-0.3, -0.25) is 9.58 Å². The highest BCUT2D eigenvalue weighted by atomic mass is 15.3. The van der Waals surface area contributed by atoms with Crippen LogP contribution in [0.3, 0.4) is 0 Å². The maximum atomic E-state index is 4.45. The molecule has 0 amide bonds. The number of aromatic nitrogens is 2. The zero-order valence-electron chi connectivity index (χ0n) is 15.7. The van der Waals surface area contributed by atoms with Gasteiger partial charge in [-0.25, -0.2) is 0 Å². The summed E-state index contributed by atoms with van der Waals surface area (Å²) < 4.78 is 2.17. The molecule has 140 valence electrons. The lowest BCUT2D eigenvalue weighted by Gasteiger charge is -2.43. The number of rotatable bonds is 4. The number of hydrogen-bond donors (Lipinski definition) is 1. The van der Waals surface area contributed by atoms with Gasteiger partial charge in [0.15, 0.2) is 0 Å². The summed E-state index contributed by atoms with van der Waals surface area (Å²) in [6.07, 6.45) is 13.6. The first-order chi connectivity index (χ1) is 12.4. The van der Waals surface area contributed by atoms with E-state index in [-0.39, 0.29) is 0 Å². The first kappa shape index (κ1) is 17.5. The van der Waals surface area contributed by atoms with E-state index in [0.717, 1.165) is 12.0 Å². The Kier molecular flexibility index (Phi) is 6.06. The molecule has 0 spiro atoms. The van der Waals surface area contributed by atoms with Gasteiger partial charge in [0.05, 0.1) is 6.04 Å². The van der Waals surface area contributed by atoms with E-state index in [0.29, 0.717) is 6.04 Å². The molecule has 1 N–H and O–H groups in total. The van der Waals surface area contributed by atoms with Crippen molar-refractivity contribution < 1.29 is 0 Å². The second-order valence-corrected chi connectivity index (χ2v) is 8.29. The molecule has 25 heavy (non-hydrogen) atoms. The molecule has 3 aliphatic rings. The fourth-order valence-electron chi connectivity index (χ4n) is 5.16. The van der Waals surface area contributed by atoms with Gasteiger partial charge in [0.25, 0.3) is 0 Å². The van der Waals surface area contributed by atoms with Gasteiger partial charge < -0.3 is 10.2 Å². The largest absolute Gasteiger partial charge is 0.315 e. The van der Waals surface area contributed by atoms with E-state index in [1.165, 1.54) is 90.8 Å². The number of hydrogen-bond acceptors (Lipinski definition) is 4. The van der Waals surface area contributed by atoms with Crippen LogP contribution < -0.4 is 5.32 Å². The molecule has 2 unspecified atom stereocenters. The summed E-state index contributed by atoms with van der Waals surface area (Å²) in [7, 11) is 0. The Bertz CT molecular complexity index is 486. The number of nitrogens with zero attached hydrogens (tertiary/aromatic N) is 4. The van der Waals surface area contributed by atoms with Gasteiger partial charge in [0, 0.05) is 44.6 Å². The molecule has 0 saturated carbocycles. The normalized spacial score (nSPS) is 31.0. The fraction of sp³-hybridized carbons (Fsp3) is 0.850. The van der Waals surface area contributed by atoms with Gasteiger partial charge in [0.1, 0.15) is 0 Å². The lowest BCUT2D eigenvalue weighted by atomic mass is 9.89. The van der Waals surface area contributed by atoms with E-state index in [1.807, 2.05) is 12.3 Å². The first-order valence-corrected chi connectivity index (χ1v) is 10.6. The van der Waals surface area contributed by atoms with Crippen molar-refractivity contribution >= 4 is 0 Å². The smallest absolute Gasteiger partial charge is 0.0543 e. The van der Waals surface area contributed by atoms with Crippen molar-refractivity contribution in [3.8, 4) is 0 Å². The average Bonchev–Trinajstić information content (AvgIpc) is 3.06. The van der Waals surface area contributed by atoms with Crippen LogP contribution in [0.25, 0.3) is 0 Å². The molecule has 1 aromatic heterocycles. The highest BCUT2D eigenvalue weighted by Gasteiger charge is 2.32. The van der Waals surface area contributed by atoms with Crippen LogP contribution >= 0.6 is 0 Å². The topological polar surface area (TPSA) is 36.3 Å². The van der Waals surface area contributed by atoms with Crippen LogP contribution in [0.5, 0.6) is 0 Å². The van der Waals surface area contributed by atoms with E-state index in [9.17, 15) is 0 Å². The lowest BCUT2D eigenvalue weighted by molar-refractivity contribution is 0.0748. The Morgan fingerprint density at radius 3 is 2.48 bits per heavy atom. The summed E-state index contributed by atoms with van der Waals surface area (Å²) >= 11 is 0. The molecule has 4 heterocycles. The van der Waals surface area contributed by atoms with E-state index in [2.05, 4.69) is 31.1 Å². The molecule has 4 rings (SSSR count). The van der Waals surface area contributed by atoms with E-state index >= 15 is 0 Å². The number of likely N-dealkylation sites (tertiary alicyclic amines) is 2. The maximum absolute atomic E-state index is 4.45. The maximum Gasteiger partial charge on any atom is 0.0543 e. The summed E-state index contributed by atoms with van der Waals surface area (Å²) in [5.74, 6) is 0.848. The second kappa shape index (κ2) is 8.65. The van der Waals surface area contributed by atoms with Crippen molar-refractivity contribution in [2.24, 2.45) is 5.92 Å². The van der Waals surface area contributed by atoms with Crippen LogP contribution in [-0.2, 0) is 0 Å². The molecule has 1 aromatic rings. The zero-order valence-corrected chi connectivity index (χ0v) is 15.7. The molecule has 5 heteroatoms. The summed E-state index contributed by atoms with van der Waals surface area (Å²) in [5, 5.41) is 8.12. The van der Waals surface area contributed by atoms with Crippen molar-refractivity contribution in [1.82, 2.24) is 24.9 Å². The van der Waals surface area contributed by atoms with Crippen LogP contribution in [0.1, 0.15) is 51.0 Å². The average molecular weight is 346 g/mol. The van der Waals surface area contributed by atoms with Crippen molar-refractivity contribution in [3.05, 3.63) is 18.5 Å². The molecule has 2 atom stereocenters. The first-order valence-electron chi connectivity index (χ1n) is 10.6. The van der Waals surface area contributed by atoms with Crippen molar-refractivity contribution in [2.45, 2.75) is 57.0 Å². The predicted octanol–water partition coefficient (Wildman–Crippen LogP) is 2.37. The molecule has 3 saturated heterocycles. The van der Waals surface area contributed by atoms with E-state index in [1.54, 1.807) is 0 Å². The SMILES string of the molecule is c1cnn(C2CCN(CC3CCNCC3N3CCCCCC3)CC2)c1. The number of piperidine rings is 2. The van der Waals surface area contributed by atoms with Crippen LogP contribution in [0.4, 0.5) is 0 Å².